The smallest absolute Gasteiger partial charge is 0.225 e. The first-order chi connectivity index (χ1) is 15.6. The van der Waals surface area contributed by atoms with Gasteiger partial charge in [0, 0.05) is 23.2 Å². The molecule has 32 heavy (non-hydrogen) atoms. The molecule has 0 atom stereocenters. The molecule has 0 radical (unpaired) electrons. The maximum absolute atomic E-state index is 12.6. The van der Waals surface area contributed by atoms with Crippen LogP contribution in [0.25, 0.3) is 22.5 Å². The van der Waals surface area contributed by atoms with Crippen LogP contribution in [-0.2, 0) is 11.2 Å². The van der Waals surface area contributed by atoms with Crippen LogP contribution in [0.1, 0.15) is 18.4 Å². The second-order valence-electron chi connectivity index (χ2n) is 7.51. The third kappa shape index (κ3) is 5.29. The number of amides is 1. The van der Waals surface area contributed by atoms with Gasteiger partial charge in [0.05, 0.1) is 11.9 Å². The van der Waals surface area contributed by atoms with Crippen molar-refractivity contribution >= 4 is 17.4 Å². The Morgan fingerprint density at radius 3 is 2.31 bits per heavy atom. The van der Waals surface area contributed by atoms with Gasteiger partial charge in [0.15, 0.2) is 5.82 Å². The number of aromatic hydroxyl groups is 1. The van der Waals surface area contributed by atoms with E-state index in [1.54, 1.807) is 42.6 Å². The summed E-state index contributed by atoms with van der Waals surface area (Å²) in [6, 6.07) is 24.1. The van der Waals surface area contributed by atoms with Crippen LogP contribution in [0.3, 0.4) is 0 Å². The van der Waals surface area contributed by atoms with E-state index in [0.29, 0.717) is 29.3 Å². The Morgan fingerprint density at radius 1 is 0.906 bits per heavy atom. The lowest BCUT2D eigenvalue weighted by atomic mass is 10.1. The predicted octanol–water partition coefficient (Wildman–Crippen LogP) is 5.06. The number of nitrogens with one attached hydrogen (secondary N) is 1. The van der Waals surface area contributed by atoms with Crippen LogP contribution in [0, 0.1) is 0 Å². The summed E-state index contributed by atoms with van der Waals surface area (Å²) in [5.74, 6) is 0.429. The molecule has 0 aliphatic rings. The lowest BCUT2D eigenvalue weighted by Crippen LogP contribution is -2.14. The highest BCUT2D eigenvalue weighted by molar-refractivity contribution is 5.93. The summed E-state index contributed by atoms with van der Waals surface area (Å²) in [7, 11) is 0. The third-order valence-corrected chi connectivity index (χ3v) is 5.09. The summed E-state index contributed by atoms with van der Waals surface area (Å²) >= 11 is 0. The SMILES string of the molecule is Nc1ccc(-c2cnc(NC(=O)CCCc3ccccc3)c(-c3ccc(O)cc3)n2)cc1. The van der Waals surface area contributed by atoms with Crippen LogP contribution in [0.2, 0.25) is 0 Å². The number of phenolic OH excluding ortho intramolecular Hbond substituents is 1. The molecule has 1 aromatic heterocycles. The largest absolute Gasteiger partial charge is 0.508 e. The molecule has 160 valence electrons. The first kappa shape index (κ1) is 21.1. The van der Waals surface area contributed by atoms with Gasteiger partial charge in [0.25, 0.3) is 0 Å². The molecule has 4 aromatic rings. The Morgan fingerprint density at radius 2 is 1.59 bits per heavy atom. The molecule has 6 heteroatoms. The predicted molar refractivity (Wildman–Crippen MR) is 127 cm³/mol. The molecule has 0 saturated carbocycles. The number of nitrogen functional groups attached to an aromatic ring is 1. The molecule has 0 fully saturated rings. The molecule has 4 rings (SSSR count). The number of carbonyl (C=O) groups is 1. The summed E-state index contributed by atoms with van der Waals surface area (Å²) in [5.41, 5.74) is 10.5. The molecular weight excluding hydrogens is 400 g/mol. The molecule has 6 nitrogen and oxygen atoms in total. The number of carbonyl (C=O) groups excluding carboxylic acids is 1. The summed E-state index contributed by atoms with van der Waals surface area (Å²) in [6.45, 7) is 0. The Balaban J connectivity index is 1.55. The number of hydrogen-bond donors (Lipinski definition) is 3. The summed E-state index contributed by atoms with van der Waals surface area (Å²) < 4.78 is 0. The minimum absolute atomic E-state index is 0.115. The standard InChI is InChI=1S/C26H24N4O2/c27-21-13-9-19(10-14-21)23-17-28-26(25(29-23)20-11-15-22(31)16-12-20)30-24(32)8-4-7-18-5-2-1-3-6-18/h1-3,5-6,9-17,31H,4,7-8,27H2,(H,28,30,32). The van der Waals surface area contributed by atoms with Crippen LogP contribution in [0.4, 0.5) is 11.5 Å². The van der Waals surface area contributed by atoms with Crippen molar-refractivity contribution in [3.63, 3.8) is 0 Å². The number of nitrogens with two attached hydrogens (primary N) is 1. The molecular formula is C26H24N4O2. The van der Waals surface area contributed by atoms with Crippen molar-refractivity contribution < 1.29 is 9.90 Å². The van der Waals surface area contributed by atoms with Crippen molar-refractivity contribution in [2.45, 2.75) is 19.3 Å². The molecule has 0 unspecified atom stereocenters. The van der Waals surface area contributed by atoms with Gasteiger partial charge in [-0.3, -0.25) is 4.79 Å². The van der Waals surface area contributed by atoms with E-state index in [4.69, 9.17) is 10.7 Å². The van der Waals surface area contributed by atoms with Crippen LogP contribution in [-0.4, -0.2) is 21.0 Å². The van der Waals surface area contributed by atoms with Crippen molar-refractivity contribution in [3.05, 3.63) is 90.6 Å². The van der Waals surface area contributed by atoms with E-state index in [9.17, 15) is 9.90 Å². The first-order valence-corrected chi connectivity index (χ1v) is 10.4. The fraction of sp³-hybridized carbons (Fsp3) is 0.115. The van der Waals surface area contributed by atoms with Gasteiger partial charge in [0.2, 0.25) is 5.91 Å². The second-order valence-corrected chi connectivity index (χ2v) is 7.51. The number of anilines is 2. The molecule has 1 heterocycles. The van der Waals surface area contributed by atoms with Gasteiger partial charge >= 0.3 is 0 Å². The normalized spacial score (nSPS) is 10.6. The number of rotatable bonds is 7. The lowest BCUT2D eigenvalue weighted by Gasteiger charge is -2.12. The fourth-order valence-corrected chi connectivity index (χ4v) is 3.39. The number of aryl methyl sites for hydroxylation is 1. The summed E-state index contributed by atoms with van der Waals surface area (Å²) in [6.07, 6.45) is 3.59. The zero-order chi connectivity index (χ0) is 22.3. The molecule has 0 spiro atoms. The number of phenols is 1. The highest BCUT2D eigenvalue weighted by Gasteiger charge is 2.14. The summed E-state index contributed by atoms with van der Waals surface area (Å²) in [4.78, 5) is 21.8. The number of benzene rings is 3. The molecule has 1 amide bonds. The van der Waals surface area contributed by atoms with E-state index in [1.165, 1.54) is 5.56 Å². The Bertz CT molecular complexity index is 1190. The van der Waals surface area contributed by atoms with E-state index in [2.05, 4.69) is 22.4 Å². The van der Waals surface area contributed by atoms with E-state index in [0.717, 1.165) is 24.0 Å². The van der Waals surface area contributed by atoms with Gasteiger partial charge in [-0.1, -0.05) is 42.5 Å². The first-order valence-electron chi connectivity index (χ1n) is 10.4. The summed E-state index contributed by atoms with van der Waals surface area (Å²) in [5, 5.41) is 12.6. The van der Waals surface area contributed by atoms with Gasteiger partial charge < -0.3 is 16.2 Å². The van der Waals surface area contributed by atoms with Crippen molar-refractivity contribution in [3.8, 4) is 28.3 Å². The Kier molecular flexibility index (Phi) is 6.41. The van der Waals surface area contributed by atoms with Gasteiger partial charge in [-0.15, -0.1) is 0 Å². The van der Waals surface area contributed by atoms with E-state index in [-0.39, 0.29) is 11.7 Å². The minimum atomic E-state index is -0.115. The van der Waals surface area contributed by atoms with Crippen LogP contribution >= 0.6 is 0 Å². The van der Waals surface area contributed by atoms with Crippen molar-refractivity contribution in [1.29, 1.82) is 0 Å². The van der Waals surface area contributed by atoms with E-state index in [1.807, 2.05) is 30.3 Å². The molecule has 0 bridgehead atoms. The zero-order valence-corrected chi connectivity index (χ0v) is 17.5. The average Bonchev–Trinajstić information content (AvgIpc) is 2.81. The van der Waals surface area contributed by atoms with Crippen molar-refractivity contribution in [2.75, 3.05) is 11.1 Å². The van der Waals surface area contributed by atoms with E-state index >= 15 is 0 Å². The van der Waals surface area contributed by atoms with Gasteiger partial charge in [-0.2, -0.15) is 0 Å². The molecule has 0 aliphatic carbocycles. The van der Waals surface area contributed by atoms with Crippen LogP contribution in [0.5, 0.6) is 5.75 Å². The number of hydrogen-bond acceptors (Lipinski definition) is 5. The monoisotopic (exact) mass is 424 g/mol. The Hall–Kier alpha value is -4.19. The van der Waals surface area contributed by atoms with E-state index < -0.39 is 0 Å². The average molecular weight is 425 g/mol. The molecule has 3 aromatic carbocycles. The maximum Gasteiger partial charge on any atom is 0.225 e. The van der Waals surface area contributed by atoms with Gasteiger partial charge in [-0.05, 0) is 54.8 Å². The quantitative estimate of drug-likeness (QED) is 0.360. The second kappa shape index (κ2) is 9.75. The maximum atomic E-state index is 12.6. The van der Waals surface area contributed by atoms with Crippen molar-refractivity contribution in [2.24, 2.45) is 0 Å². The van der Waals surface area contributed by atoms with Gasteiger partial charge in [-0.25, -0.2) is 9.97 Å². The van der Waals surface area contributed by atoms with Crippen LogP contribution < -0.4 is 11.1 Å². The van der Waals surface area contributed by atoms with Crippen molar-refractivity contribution in [1.82, 2.24) is 9.97 Å². The topological polar surface area (TPSA) is 101 Å². The Labute approximate surface area is 186 Å². The molecule has 4 N–H and O–H groups in total. The molecule has 0 aliphatic heterocycles. The number of nitrogens with zero attached hydrogens (tertiary/aromatic N) is 2. The molecule has 0 saturated heterocycles. The highest BCUT2D eigenvalue weighted by Crippen LogP contribution is 2.29. The number of aromatic nitrogens is 2. The van der Waals surface area contributed by atoms with Crippen LogP contribution in [0.15, 0.2) is 85.1 Å². The fourth-order valence-electron chi connectivity index (χ4n) is 3.39. The minimum Gasteiger partial charge on any atom is -0.508 e. The third-order valence-electron chi connectivity index (χ3n) is 5.09. The highest BCUT2D eigenvalue weighted by atomic mass is 16.3. The lowest BCUT2D eigenvalue weighted by molar-refractivity contribution is -0.116. The zero-order valence-electron chi connectivity index (χ0n) is 17.5. The van der Waals surface area contributed by atoms with Gasteiger partial charge in [0.1, 0.15) is 11.4 Å².